The van der Waals surface area contributed by atoms with Gasteiger partial charge < -0.3 is 15.6 Å². The molecule has 0 spiro atoms. The third-order valence-electron chi connectivity index (χ3n) is 3.33. The summed E-state index contributed by atoms with van der Waals surface area (Å²) < 4.78 is 5.58. The topological polar surface area (TPSA) is 58.7 Å². The summed E-state index contributed by atoms with van der Waals surface area (Å²) in [6.07, 6.45) is 5.24. The number of aliphatic hydroxyl groups is 1. The zero-order chi connectivity index (χ0) is 11.8. The molecule has 1 atom stereocenters. The van der Waals surface area contributed by atoms with E-state index in [4.69, 9.17) is 15.6 Å². The largest absolute Gasteiger partial charge is 0.395 e. The summed E-state index contributed by atoms with van der Waals surface area (Å²) in [4.78, 5) is 2.35. The van der Waals surface area contributed by atoms with Crippen molar-refractivity contribution in [2.75, 3.05) is 32.8 Å². The van der Waals surface area contributed by atoms with E-state index in [-0.39, 0.29) is 12.7 Å². The van der Waals surface area contributed by atoms with Crippen molar-refractivity contribution in [1.82, 2.24) is 4.90 Å². The Balaban J connectivity index is 2.41. The molecule has 1 saturated carbocycles. The van der Waals surface area contributed by atoms with E-state index in [1.807, 2.05) is 6.92 Å². The third-order valence-corrected chi connectivity index (χ3v) is 3.33. The van der Waals surface area contributed by atoms with Gasteiger partial charge in [-0.05, 0) is 19.8 Å². The van der Waals surface area contributed by atoms with Gasteiger partial charge in [-0.25, -0.2) is 0 Å². The number of nitrogens with two attached hydrogens (primary N) is 1. The summed E-state index contributed by atoms with van der Waals surface area (Å²) in [6.45, 7) is 5.08. The molecule has 0 aromatic heterocycles. The van der Waals surface area contributed by atoms with Gasteiger partial charge in [-0.15, -0.1) is 0 Å². The van der Waals surface area contributed by atoms with Crippen LogP contribution in [0.5, 0.6) is 0 Å². The first-order chi connectivity index (χ1) is 7.81. The molecule has 0 aromatic carbocycles. The molecule has 0 bridgehead atoms. The molecular weight excluding hydrogens is 204 g/mol. The Kier molecular flexibility index (Phi) is 6.96. The number of hydrogen-bond acceptors (Lipinski definition) is 4. The van der Waals surface area contributed by atoms with Gasteiger partial charge in [0.05, 0.1) is 12.7 Å². The van der Waals surface area contributed by atoms with Crippen LogP contribution in [0.1, 0.15) is 32.6 Å². The molecule has 0 aliphatic heterocycles. The minimum absolute atomic E-state index is 0.108. The lowest BCUT2D eigenvalue weighted by atomic mass is 10.2. The van der Waals surface area contributed by atoms with Crippen LogP contribution in [0, 0.1) is 0 Å². The van der Waals surface area contributed by atoms with Crippen LogP contribution in [-0.4, -0.2) is 55.0 Å². The fourth-order valence-electron chi connectivity index (χ4n) is 2.51. The van der Waals surface area contributed by atoms with Gasteiger partial charge in [0.1, 0.15) is 0 Å². The van der Waals surface area contributed by atoms with Gasteiger partial charge >= 0.3 is 0 Å². The average Bonchev–Trinajstić information content (AvgIpc) is 2.81. The fraction of sp³-hybridized carbons (Fsp3) is 1.00. The van der Waals surface area contributed by atoms with Gasteiger partial charge in [0.2, 0.25) is 0 Å². The minimum atomic E-state index is 0.108. The van der Waals surface area contributed by atoms with Gasteiger partial charge in [-0.1, -0.05) is 12.8 Å². The Labute approximate surface area is 98.8 Å². The highest BCUT2D eigenvalue weighted by molar-refractivity contribution is 4.79. The zero-order valence-corrected chi connectivity index (χ0v) is 10.4. The summed E-state index contributed by atoms with van der Waals surface area (Å²) in [5, 5.41) is 9.10. The quantitative estimate of drug-likeness (QED) is 0.640. The van der Waals surface area contributed by atoms with Crippen LogP contribution in [-0.2, 0) is 4.74 Å². The van der Waals surface area contributed by atoms with E-state index in [0.29, 0.717) is 19.2 Å². The van der Waals surface area contributed by atoms with Crippen molar-refractivity contribution in [2.24, 2.45) is 5.73 Å². The summed E-state index contributed by atoms with van der Waals surface area (Å²) >= 11 is 0. The van der Waals surface area contributed by atoms with Gasteiger partial charge in [0.15, 0.2) is 0 Å². The van der Waals surface area contributed by atoms with Crippen molar-refractivity contribution in [3.63, 3.8) is 0 Å². The van der Waals surface area contributed by atoms with Gasteiger partial charge in [-0.2, -0.15) is 0 Å². The molecule has 3 N–H and O–H groups in total. The number of nitrogens with zero attached hydrogens (tertiary/aromatic N) is 1. The second-order valence-corrected chi connectivity index (χ2v) is 4.47. The van der Waals surface area contributed by atoms with Crippen LogP contribution in [0.15, 0.2) is 0 Å². The Morgan fingerprint density at radius 1 is 1.44 bits per heavy atom. The lowest BCUT2D eigenvalue weighted by Crippen LogP contribution is -2.44. The number of hydrogen-bond donors (Lipinski definition) is 2. The maximum atomic E-state index is 9.10. The second-order valence-electron chi connectivity index (χ2n) is 4.47. The molecule has 96 valence electrons. The first-order valence-electron chi connectivity index (χ1n) is 6.48. The fourth-order valence-corrected chi connectivity index (χ4v) is 2.51. The van der Waals surface area contributed by atoms with E-state index in [0.717, 1.165) is 13.1 Å². The first-order valence-corrected chi connectivity index (χ1v) is 6.48. The Morgan fingerprint density at radius 3 is 2.62 bits per heavy atom. The predicted octanol–water partition coefficient (Wildman–Crippen LogP) is 0.587. The Morgan fingerprint density at radius 2 is 2.12 bits per heavy atom. The molecule has 1 unspecified atom stereocenters. The molecule has 1 aliphatic carbocycles. The lowest BCUT2D eigenvalue weighted by molar-refractivity contribution is 0.0227. The highest BCUT2D eigenvalue weighted by atomic mass is 16.5. The van der Waals surface area contributed by atoms with Crippen molar-refractivity contribution in [2.45, 2.75) is 44.8 Å². The molecule has 0 amide bonds. The average molecular weight is 230 g/mol. The summed E-state index contributed by atoms with van der Waals surface area (Å²) in [5.41, 5.74) is 5.69. The molecule has 0 radical (unpaired) electrons. The highest BCUT2D eigenvalue weighted by Crippen LogP contribution is 2.23. The molecular formula is C12H26N2O2. The number of rotatable bonds is 8. The highest BCUT2D eigenvalue weighted by Gasteiger charge is 2.24. The van der Waals surface area contributed by atoms with E-state index < -0.39 is 0 Å². The van der Waals surface area contributed by atoms with Gasteiger partial charge in [0, 0.05) is 32.3 Å². The molecule has 1 rings (SSSR count). The standard InChI is InChI=1S/C12H26N2O2/c1-2-16-12(9-13)10-14(7-8-15)11-5-3-4-6-11/h11-12,15H,2-10,13H2,1H3. The van der Waals surface area contributed by atoms with Crippen molar-refractivity contribution in [3.05, 3.63) is 0 Å². The van der Waals surface area contributed by atoms with E-state index >= 15 is 0 Å². The summed E-state index contributed by atoms with van der Waals surface area (Å²) in [7, 11) is 0. The van der Waals surface area contributed by atoms with E-state index in [9.17, 15) is 0 Å². The molecule has 16 heavy (non-hydrogen) atoms. The summed E-state index contributed by atoms with van der Waals surface area (Å²) in [6, 6.07) is 0.627. The van der Waals surface area contributed by atoms with E-state index in [1.54, 1.807) is 0 Å². The van der Waals surface area contributed by atoms with Crippen molar-refractivity contribution < 1.29 is 9.84 Å². The molecule has 1 fully saturated rings. The minimum Gasteiger partial charge on any atom is -0.395 e. The SMILES string of the molecule is CCOC(CN)CN(CCO)C1CCCC1. The maximum absolute atomic E-state index is 9.10. The molecule has 1 aliphatic rings. The van der Waals surface area contributed by atoms with Crippen LogP contribution >= 0.6 is 0 Å². The first kappa shape index (κ1) is 13.9. The van der Waals surface area contributed by atoms with E-state index in [1.165, 1.54) is 25.7 Å². The number of ether oxygens (including phenoxy) is 1. The smallest absolute Gasteiger partial charge is 0.0823 e. The predicted molar refractivity (Wildman–Crippen MR) is 65.4 cm³/mol. The van der Waals surface area contributed by atoms with Crippen molar-refractivity contribution >= 4 is 0 Å². The maximum Gasteiger partial charge on any atom is 0.0823 e. The monoisotopic (exact) mass is 230 g/mol. The zero-order valence-electron chi connectivity index (χ0n) is 10.4. The van der Waals surface area contributed by atoms with Crippen LogP contribution in [0.4, 0.5) is 0 Å². The third kappa shape index (κ3) is 4.37. The molecule has 4 heteroatoms. The molecule has 4 nitrogen and oxygen atoms in total. The Hall–Kier alpha value is -0.160. The van der Waals surface area contributed by atoms with Crippen LogP contribution in [0.25, 0.3) is 0 Å². The normalized spacial score (nSPS) is 19.5. The van der Waals surface area contributed by atoms with Gasteiger partial charge in [-0.3, -0.25) is 4.90 Å². The molecule has 0 aromatic rings. The van der Waals surface area contributed by atoms with Crippen LogP contribution < -0.4 is 5.73 Å². The van der Waals surface area contributed by atoms with Gasteiger partial charge in [0.25, 0.3) is 0 Å². The molecule has 0 heterocycles. The molecule has 0 saturated heterocycles. The second kappa shape index (κ2) is 8.01. The van der Waals surface area contributed by atoms with Crippen molar-refractivity contribution in [3.8, 4) is 0 Å². The lowest BCUT2D eigenvalue weighted by Gasteiger charge is -2.31. The Bertz CT molecular complexity index is 172. The van der Waals surface area contributed by atoms with Crippen LogP contribution in [0.2, 0.25) is 0 Å². The van der Waals surface area contributed by atoms with Crippen LogP contribution in [0.3, 0.4) is 0 Å². The van der Waals surface area contributed by atoms with E-state index in [2.05, 4.69) is 4.90 Å². The van der Waals surface area contributed by atoms with Crippen molar-refractivity contribution in [1.29, 1.82) is 0 Å². The number of aliphatic hydroxyl groups excluding tert-OH is 1. The summed E-state index contributed by atoms with van der Waals surface area (Å²) in [5.74, 6) is 0.